The van der Waals surface area contributed by atoms with Gasteiger partial charge in [0.15, 0.2) is 0 Å². The molecule has 0 saturated carbocycles. The van der Waals surface area contributed by atoms with Crippen molar-refractivity contribution in [1.29, 1.82) is 0 Å². The third-order valence-electron chi connectivity index (χ3n) is 4.54. The first-order valence-electron chi connectivity index (χ1n) is 9.71. The molecule has 0 unspecified atom stereocenters. The van der Waals surface area contributed by atoms with Gasteiger partial charge in [0.25, 0.3) is 5.91 Å². The Hall–Kier alpha value is -1.89. The molecule has 0 bridgehead atoms. The minimum atomic E-state index is -0.541. The number of amides is 2. The van der Waals surface area contributed by atoms with E-state index in [4.69, 9.17) is 4.74 Å². The molecule has 1 aromatic heterocycles. The molecule has 1 rings (SSSR count). The third kappa shape index (κ3) is 6.34. The Kier molecular flexibility index (Phi) is 10.1. The molecule has 0 aliphatic heterocycles. The van der Waals surface area contributed by atoms with Crippen molar-refractivity contribution in [2.24, 2.45) is 0 Å². The molecule has 27 heavy (non-hydrogen) atoms. The topological polar surface area (TPSA) is 75.7 Å². The van der Waals surface area contributed by atoms with Crippen LogP contribution in [0.1, 0.15) is 84.9 Å². The molecule has 6 nitrogen and oxygen atoms in total. The lowest BCUT2D eigenvalue weighted by Gasteiger charge is -2.17. The van der Waals surface area contributed by atoms with Gasteiger partial charge in [0.1, 0.15) is 5.00 Å². The molecule has 1 heterocycles. The lowest BCUT2D eigenvalue weighted by atomic mass is 10.1. The SMILES string of the molecule is CCCCCCCC(=O)Nc1sc(C(=O)N(CC)CC)c(C)c1C(=O)OC. The number of unbranched alkanes of at least 4 members (excludes halogenated alkanes) is 4. The van der Waals surface area contributed by atoms with Crippen molar-refractivity contribution in [2.45, 2.75) is 66.2 Å². The second-order valence-electron chi connectivity index (χ2n) is 6.44. The number of esters is 1. The minimum absolute atomic E-state index is 0.132. The zero-order valence-electron chi connectivity index (χ0n) is 17.1. The molecule has 0 fully saturated rings. The summed E-state index contributed by atoms with van der Waals surface area (Å²) in [5, 5.41) is 3.21. The maximum Gasteiger partial charge on any atom is 0.341 e. The number of anilines is 1. The first-order valence-corrected chi connectivity index (χ1v) is 10.5. The smallest absolute Gasteiger partial charge is 0.341 e. The molecular weight excluding hydrogens is 364 g/mol. The number of rotatable bonds is 11. The van der Waals surface area contributed by atoms with Crippen LogP contribution in [0.4, 0.5) is 5.00 Å². The van der Waals surface area contributed by atoms with Crippen LogP contribution < -0.4 is 5.32 Å². The fraction of sp³-hybridized carbons (Fsp3) is 0.650. The summed E-state index contributed by atoms with van der Waals surface area (Å²) in [5.41, 5.74) is 0.833. The molecule has 0 spiro atoms. The number of hydrogen-bond donors (Lipinski definition) is 1. The predicted molar refractivity (Wildman–Crippen MR) is 110 cm³/mol. The van der Waals surface area contributed by atoms with Crippen LogP contribution in [0, 0.1) is 6.92 Å². The first kappa shape index (κ1) is 23.1. The van der Waals surface area contributed by atoms with Gasteiger partial charge in [-0.25, -0.2) is 4.79 Å². The van der Waals surface area contributed by atoms with Crippen molar-refractivity contribution in [3.63, 3.8) is 0 Å². The summed E-state index contributed by atoms with van der Waals surface area (Å²) < 4.78 is 4.86. The van der Waals surface area contributed by atoms with Gasteiger partial charge in [0, 0.05) is 19.5 Å². The summed E-state index contributed by atoms with van der Waals surface area (Å²) in [4.78, 5) is 39.4. The van der Waals surface area contributed by atoms with Crippen LogP contribution in [0.3, 0.4) is 0 Å². The number of nitrogens with zero attached hydrogens (tertiary/aromatic N) is 1. The second kappa shape index (κ2) is 11.7. The maximum absolute atomic E-state index is 12.7. The Balaban J connectivity index is 2.97. The van der Waals surface area contributed by atoms with Gasteiger partial charge < -0.3 is 15.0 Å². The van der Waals surface area contributed by atoms with E-state index in [1.807, 2.05) is 13.8 Å². The van der Waals surface area contributed by atoms with Gasteiger partial charge in [-0.2, -0.15) is 0 Å². The fourth-order valence-corrected chi connectivity index (χ4v) is 4.07. The zero-order chi connectivity index (χ0) is 20.4. The van der Waals surface area contributed by atoms with E-state index in [1.165, 1.54) is 13.5 Å². The molecule has 1 N–H and O–H groups in total. The highest BCUT2D eigenvalue weighted by molar-refractivity contribution is 7.18. The molecule has 1 aromatic rings. The third-order valence-corrected chi connectivity index (χ3v) is 5.74. The molecule has 0 saturated heterocycles. The summed E-state index contributed by atoms with van der Waals surface area (Å²) in [6.07, 6.45) is 5.69. The normalized spacial score (nSPS) is 10.6. The second-order valence-corrected chi connectivity index (χ2v) is 7.46. The quantitative estimate of drug-likeness (QED) is 0.437. The zero-order valence-corrected chi connectivity index (χ0v) is 18.0. The van der Waals surface area contributed by atoms with Crippen molar-refractivity contribution in [3.8, 4) is 0 Å². The number of hydrogen-bond acceptors (Lipinski definition) is 5. The maximum atomic E-state index is 12.7. The Morgan fingerprint density at radius 2 is 1.67 bits per heavy atom. The molecule has 0 radical (unpaired) electrons. The summed E-state index contributed by atoms with van der Waals surface area (Å²) in [6.45, 7) is 8.86. The van der Waals surface area contributed by atoms with Gasteiger partial charge in [0.05, 0.1) is 17.6 Å². The largest absolute Gasteiger partial charge is 0.465 e. The fourth-order valence-electron chi connectivity index (χ4n) is 2.89. The molecule has 0 aliphatic carbocycles. The number of methoxy groups -OCH3 is 1. The van der Waals surface area contributed by atoms with Crippen LogP contribution in [0.15, 0.2) is 0 Å². The van der Waals surface area contributed by atoms with Crippen LogP contribution in [-0.4, -0.2) is 42.9 Å². The highest BCUT2D eigenvalue weighted by Crippen LogP contribution is 2.34. The number of carbonyl (C=O) groups is 3. The monoisotopic (exact) mass is 396 g/mol. The first-order chi connectivity index (χ1) is 12.9. The summed E-state index contributed by atoms with van der Waals surface area (Å²) in [5.74, 6) is -0.812. The standard InChI is InChI=1S/C20H32N2O4S/c1-6-9-10-11-12-13-15(23)21-18-16(20(25)26-5)14(4)17(27-18)19(24)22(7-2)8-3/h6-13H2,1-5H3,(H,21,23). The van der Waals surface area contributed by atoms with E-state index in [2.05, 4.69) is 12.2 Å². The van der Waals surface area contributed by atoms with Gasteiger partial charge in [-0.15, -0.1) is 11.3 Å². The molecule has 0 atom stereocenters. The Labute approximate surface area is 166 Å². The van der Waals surface area contributed by atoms with E-state index in [0.717, 1.165) is 37.0 Å². The number of thiophene rings is 1. The molecule has 0 aromatic carbocycles. The van der Waals surface area contributed by atoms with Crippen LogP contribution in [0.25, 0.3) is 0 Å². The lowest BCUT2D eigenvalue weighted by Crippen LogP contribution is -2.30. The van der Waals surface area contributed by atoms with E-state index in [9.17, 15) is 14.4 Å². The van der Waals surface area contributed by atoms with Crippen molar-refractivity contribution in [3.05, 3.63) is 16.0 Å². The van der Waals surface area contributed by atoms with Crippen molar-refractivity contribution in [2.75, 3.05) is 25.5 Å². The molecule has 7 heteroatoms. The van der Waals surface area contributed by atoms with Crippen molar-refractivity contribution >= 4 is 34.1 Å². The summed E-state index contributed by atoms with van der Waals surface area (Å²) >= 11 is 1.15. The number of nitrogens with one attached hydrogen (secondary N) is 1. The lowest BCUT2D eigenvalue weighted by molar-refractivity contribution is -0.116. The molecule has 152 valence electrons. The Bertz CT molecular complexity index is 651. The van der Waals surface area contributed by atoms with Crippen LogP contribution in [0.5, 0.6) is 0 Å². The Morgan fingerprint density at radius 3 is 2.22 bits per heavy atom. The van der Waals surface area contributed by atoms with E-state index in [-0.39, 0.29) is 17.4 Å². The van der Waals surface area contributed by atoms with Gasteiger partial charge in [-0.05, 0) is 32.8 Å². The summed E-state index contributed by atoms with van der Waals surface area (Å²) in [6, 6.07) is 0. The summed E-state index contributed by atoms with van der Waals surface area (Å²) in [7, 11) is 1.30. The van der Waals surface area contributed by atoms with Gasteiger partial charge in [-0.1, -0.05) is 32.6 Å². The number of ether oxygens (including phenoxy) is 1. The van der Waals surface area contributed by atoms with E-state index in [0.29, 0.717) is 35.0 Å². The molecule has 0 aliphatic rings. The average Bonchev–Trinajstić information content (AvgIpc) is 2.97. The van der Waals surface area contributed by atoms with Gasteiger partial charge in [-0.3, -0.25) is 9.59 Å². The highest BCUT2D eigenvalue weighted by Gasteiger charge is 2.27. The number of carbonyl (C=O) groups excluding carboxylic acids is 3. The molecular formula is C20H32N2O4S. The molecule has 2 amide bonds. The van der Waals surface area contributed by atoms with E-state index >= 15 is 0 Å². The van der Waals surface area contributed by atoms with Crippen LogP contribution in [0.2, 0.25) is 0 Å². The van der Waals surface area contributed by atoms with Crippen LogP contribution in [-0.2, 0) is 9.53 Å². The van der Waals surface area contributed by atoms with Gasteiger partial charge >= 0.3 is 5.97 Å². The van der Waals surface area contributed by atoms with Crippen molar-refractivity contribution in [1.82, 2.24) is 4.90 Å². The minimum Gasteiger partial charge on any atom is -0.465 e. The van der Waals surface area contributed by atoms with Gasteiger partial charge in [0.2, 0.25) is 5.91 Å². The van der Waals surface area contributed by atoms with E-state index in [1.54, 1.807) is 11.8 Å². The Morgan fingerprint density at radius 1 is 1.04 bits per heavy atom. The van der Waals surface area contributed by atoms with Crippen molar-refractivity contribution < 1.29 is 19.1 Å². The predicted octanol–water partition coefficient (Wildman–Crippen LogP) is 4.62. The highest BCUT2D eigenvalue weighted by atomic mass is 32.1. The van der Waals surface area contributed by atoms with E-state index < -0.39 is 5.97 Å². The average molecular weight is 397 g/mol. The van der Waals surface area contributed by atoms with Crippen LogP contribution >= 0.6 is 11.3 Å².